The Hall–Kier alpha value is -1.79. The fraction of sp³-hybridized carbons (Fsp3) is 0.500. The molecule has 0 bridgehead atoms. The van der Waals surface area contributed by atoms with Crippen molar-refractivity contribution in [2.75, 3.05) is 31.1 Å². The molecule has 2 saturated heterocycles. The highest BCUT2D eigenvalue weighted by Gasteiger charge is 2.24. The van der Waals surface area contributed by atoms with Gasteiger partial charge in [0.1, 0.15) is 5.75 Å². The molecule has 1 aromatic rings. The van der Waals surface area contributed by atoms with E-state index in [4.69, 9.17) is 10.5 Å². The van der Waals surface area contributed by atoms with E-state index in [2.05, 4.69) is 0 Å². The third kappa shape index (κ3) is 4.14. The molecule has 0 aliphatic carbocycles. The van der Waals surface area contributed by atoms with E-state index in [-0.39, 0.29) is 36.9 Å². The maximum Gasteiger partial charge on any atom is 0.260 e. The van der Waals surface area contributed by atoms with Gasteiger partial charge in [0, 0.05) is 37.8 Å². The van der Waals surface area contributed by atoms with Crippen LogP contribution in [-0.4, -0.2) is 49.0 Å². The van der Waals surface area contributed by atoms with Crippen molar-refractivity contribution in [1.82, 2.24) is 4.90 Å². The van der Waals surface area contributed by atoms with Gasteiger partial charge >= 0.3 is 0 Å². The normalized spacial score (nSPS) is 20.6. The highest BCUT2D eigenvalue weighted by molar-refractivity contribution is 5.95. The fourth-order valence-corrected chi connectivity index (χ4v) is 2.89. The third-order valence-electron chi connectivity index (χ3n) is 4.16. The van der Waals surface area contributed by atoms with Gasteiger partial charge in [0.05, 0.1) is 0 Å². The van der Waals surface area contributed by atoms with Gasteiger partial charge < -0.3 is 20.3 Å². The van der Waals surface area contributed by atoms with Gasteiger partial charge in [0.2, 0.25) is 5.91 Å². The summed E-state index contributed by atoms with van der Waals surface area (Å²) in [5.74, 6) is 0.758. The lowest BCUT2D eigenvalue weighted by molar-refractivity contribution is -0.132. The van der Waals surface area contributed by atoms with Gasteiger partial charge in [0.15, 0.2) is 6.61 Å². The molecule has 3 rings (SSSR count). The van der Waals surface area contributed by atoms with Crippen molar-refractivity contribution >= 4 is 29.9 Å². The summed E-state index contributed by atoms with van der Waals surface area (Å²) in [6, 6.07) is 7.39. The van der Waals surface area contributed by atoms with E-state index < -0.39 is 0 Å². The van der Waals surface area contributed by atoms with Crippen molar-refractivity contribution in [3.8, 4) is 5.75 Å². The molecule has 0 spiro atoms. The molecule has 0 aromatic heterocycles. The largest absolute Gasteiger partial charge is 0.484 e. The van der Waals surface area contributed by atoms with E-state index in [1.165, 1.54) is 0 Å². The van der Waals surface area contributed by atoms with Crippen LogP contribution in [0.2, 0.25) is 0 Å². The minimum atomic E-state index is -0.0354. The first-order valence-electron chi connectivity index (χ1n) is 7.70. The molecule has 2 fully saturated rings. The number of carbonyl (C=O) groups excluding carboxylic acids is 2. The number of hydrogen-bond donors (Lipinski definition) is 1. The van der Waals surface area contributed by atoms with Crippen LogP contribution < -0.4 is 15.4 Å². The second kappa shape index (κ2) is 7.66. The molecule has 0 saturated carbocycles. The van der Waals surface area contributed by atoms with E-state index in [0.29, 0.717) is 25.3 Å². The van der Waals surface area contributed by atoms with Crippen molar-refractivity contribution in [2.45, 2.75) is 25.3 Å². The molecule has 0 radical (unpaired) electrons. The standard InChI is InChI=1S/C16H21N3O3.ClH/c17-12-7-9-18(10-12)16(21)11-22-14-5-3-13(4-6-14)19-8-1-2-15(19)20;/h3-6,12H,1-2,7-11,17H2;1H/t12-;/m1./s1. The highest BCUT2D eigenvalue weighted by Crippen LogP contribution is 2.24. The zero-order valence-electron chi connectivity index (χ0n) is 12.9. The van der Waals surface area contributed by atoms with Crippen molar-refractivity contribution < 1.29 is 14.3 Å². The summed E-state index contributed by atoms with van der Waals surface area (Å²) >= 11 is 0. The first-order chi connectivity index (χ1) is 10.6. The second-order valence-corrected chi connectivity index (χ2v) is 5.82. The number of benzene rings is 1. The highest BCUT2D eigenvalue weighted by atomic mass is 35.5. The quantitative estimate of drug-likeness (QED) is 0.893. The van der Waals surface area contributed by atoms with Crippen LogP contribution in [0, 0.1) is 0 Å². The average Bonchev–Trinajstić information content (AvgIpc) is 3.14. The Morgan fingerprint density at radius 1 is 1.26 bits per heavy atom. The van der Waals surface area contributed by atoms with Gasteiger partial charge in [-0.1, -0.05) is 0 Å². The van der Waals surface area contributed by atoms with Crippen LogP contribution in [0.3, 0.4) is 0 Å². The number of ether oxygens (including phenoxy) is 1. The smallest absolute Gasteiger partial charge is 0.260 e. The van der Waals surface area contributed by atoms with E-state index in [1.54, 1.807) is 21.9 Å². The minimum Gasteiger partial charge on any atom is -0.484 e. The molecule has 1 atom stereocenters. The molecule has 2 N–H and O–H groups in total. The van der Waals surface area contributed by atoms with Crippen LogP contribution in [0.5, 0.6) is 5.75 Å². The van der Waals surface area contributed by atoms with Gasteiger partial charge in [-0.3, -0.25) is 9.59 Å². The Kier molecular flexibility index (Phi) is 5.85. The van der Waals surface area contributed by atoms with Gasteiger partial charge in [0.25, 0.3) is 5.91 Å². The van der Waals surface area contributed by atoms with Gasteiger partial charge in [-0.15, -0.1) is 12.4 Å². The van der Waals surface area contributed by atoms with Gasteiger partial charge in [-0.05, 0) is 37.1 Å². The summed E-state index contributed by atoms with van der Waals surface area (Å²) in [4.78, 5) is 27.2. The number of carbonyl (C=O) groups is 2. The zero-order valence-corrected chi connectivity index (χ0v) is 13.8. The number of halogens is 1. The first-order valence-corrected chi connectivity index (χ1v) is 7.70. The molecule has 6 nitrogen and oxygen atoms in total. The second-order valence-electron chi connectivity index (χ2n) is 5.82. The lowest BCUT2D eigenvalue weighted by Crippen LogP contribution is -2.35. The number of amides is 2. The maximum absolute atomic E-state index is 12.0. The Balaban J connectivity index is 0.00000192. The predicted molar refractivity (Wildman–Crippen MR) is 89.9 cm³/mol. The monoisotopic (exact) mass is 339 g/mol. The Morgan fingerprint density at radius 2 is 2.00 bits per heavy atom. The van der Waals surface area contributed by atoms with Gasteiger partial charge in [-0.2, -0.15) is 0 Å². The van der Waals surface area contributed by atoms with Crippen LogP contribution >= 0.6 is 12.4 Å². The predicted octanol–water partition coefficient (Wildman–Crippen LogP) is 1.17. The summed E-state index contributed by atoms with van der Waals surface area (Å²) in [5.41, 5.74) is 6.67. The number of rotatable bonds is 4. The van der Waals surface area contributed by atoms with E-state index in [0.717, 1.165) is 25.1 Å². The average molecular weight is 340 g/mol. The molecular weight excluding hydrogens is 318 g/mol. The summed E-state index contributed by atoms with van der Waals surface area (Å²) in [7, 11) is 0. The Labute approximate surface area is 142 Å². The van der Waals surface area contributed by atoms with Crippen LogP contribution in [-0.2, 0) is 9.59 Å². The van der Waals surface area contributed by atoms with Gasteiger partial charge in [-0.25, -0.2) is 0 Å². The SMILES string of the molecule is Cl.N[C@@H]1CCN(C(=O)COc2ccc(N3CCCC3=O)cc2)C1. The van der Waals surface area contributed by atoms with Crippen molar-refractivity contribution in [2.24, 2.45) is 5.73 Å². The molecule has 7 heteroatoms. The lowest BCUT2D eigenvalue weighted by Gasteiger charge is -2.17. The van der Waals surface area contributed by atoms with E-state index in [1.807, 2.05) is 12.1 Å². The topological polar surface area (TPSA) is 75.9 Å². The molecule has 2 aliphatic heterocycles. The van der Waals surface area contributed by atoms with Crippen molar-refractivity contribution in [3.63, 3.8) is 0 Å². The molecular formula is C16H22ClN3O3. The minimum absolute atomic E-state index is 0. The lowest BCUT2D eigenvalue weighted by atomic mass is 10.3. The zero-order chi connectivity index (χ0) is 15.5. The van der Waals surface area contributed by atoms with Crippen molar-refractivity contribution in [1.29, 1.82) is 0 Å². The number of nitrogens with zero attached hydrogens (tertiary/aromatic N) is 2. The molecule has 1 aromatic carbocycles. The number of nitrogens with two attached hydrogens (primary N) is 1. The summed E-state index contributed by atoms with van der Waals surface area (Å²) in [6.07, 6.45) is 2.37. The third-order valence-corrected chi connectivity index (χ3v) is 4.16. The van der Waals surface area contributed by atoms with Crippen molar-refractivity contribution in [3.05, 3.63) is 24.3 Å². The fourth-order valence-electron chi connectivity index (χ4n) is 2.89. The summed E-state index contributed by atoms with van der Waals surface area (Å²) < 4.78 is 5.52. The number of hydrogen-bond acceptors (Lipinski definition) is 4. The van der Waals surface area contributed by atoms with Crippen LogP contribution in [0.25, 0.3) is 0 Å². The summed E-state index contributed by atoms with van der Waals surface area (Å²) in [6.45, 7) is 2.11. The molecule has 2 amide bonds. The number of anilines is 1. The molecule has 2 aliphatic rings. The first kappa shape index (κ1) is 17.6. The maximum atomic E-state index is 12.0. The Bertz CT molecular complexity index is 564. The molecule has 2 heterocycles. The van der Waals surface area contributed by atoms with E-state index >= 15 is 0 Å². The van der Waals surface area contributed by atoms with E-state index in [9.17, 15) is 9.59 Å². The molecule has 0 unspecified atom stereocenters. The molecule has 23 heavy (non-hydrogen) atoms. The number of likely N-dealkylation sites (tertiary alicyclic amines) is 1. The Morgan fingerprint density at radius 3 is 2.57 bits per heavy atom. The summed E-state index contributed by atoms with van der Waals surface area (Å²) in [5, 5.41) is 0. The van der Waals surface area contributed by atoms with Crippen LogP contribution in [0.15, 0.2) is 24.3 Å². The molecule has 126 valence electrons. The van der Waals surface area contributed by atoms with Crippen LogP contribution in [0.1, 0.15) is 19.3 Å². The van der Waals surface area contributed by atoms with Crippen LogP contribution in [0.4, 0.5) is 5.69 Å².